The number of alkyl halides is 6. The van der Waals surface area contributed by atoms with Crippen LogP contribution in [0.15, 0.2) is 0 Å². The van der Waals surface area contributed by atoms with E-state index in [0.717, 1.165) is 0 Å². The zero-order valence-electron chi connectivity index (χ0n) is 9.88. The molecule has 10 heteroatoms. The van der Waals surface area contributed by atoms with Crippen molar-refractivity contribution in [3.05, 3.63) is 0 Å². The molecule has 20 heavy (non-hydrogen) atoms. The normalized spacial score (nSPS) is 24.1. The summed E-state index contributed by atoms with van der Waals surface area (Å²) < 4.78 is 80.3. The first kappa shape index (κ1) is 16.6. The molecule has 0 saturated heterocycles. The highest BCUT2D eigenvalue weighted by molar-refractivity contribution is 5.76. The van der Waals surface area contributed by atoms with Gasteiger partial charge in [-0.1, -0.05) is 0 Å². The SMILES string of the molecule is O=C(O[C@H]1CCCC[C@@H]1OC(=O)C(F)(F)F)C(F)(F)F. The van der Waals surface area contributed by atoms with E-state index in [0.29, 0.717) is 12.8 Å². The molecule has 0 unspecified atom stereocenters. The number of halogens is 6. The van der Waals surface area contributed by atoms with Gasteiger partial charge in [-0.3, -0.25) is 0 Å². The van der Waals surface area contributed by atoms with Crippen LogP contribution in [0, 0.1) is 0 Å². The molecular formula is C10H10F6O4. The zero-order chi connectivity index (χ0) is 15.6. The van der Waals surface area contributed by atoms with Gasteiger partial charge in [-0.05, 0) is 25.7 Å². The minimum absolute atomic E-state index is 0.0996. The summed E-state index contributed by atoms with van der Waals surface area (Å²) in [5.41, 5.74) is 0. The first-order valence-electron chi connectivity index (χ1n) is 5.57. The second-order valence-electron chi connectivity index (χ2n) is 4.17. The van der Waals surface area contributed by atoms with Gasteiger partial charge in [0.15, 0.2) is 0 Å². The van der Waals surface area contributed by atoms with E-state index in [1.54, 1.807) is 0 Å². The molecule has 0 aromatic rings. The summed E-state index contributed by atoms with van der Waals surface area (Å²) in [6, 6.07) is 0. The number of hydrogen-bond donors (Lipinski definition) is 0. The fraction of sp³-hybridized carbons (Fsp3) is 0.800. The van der Waals surface area contributed by atoms with Crippen LogP contribution in [0.2, 0.25) is 0 Å². The predicted molar refractivity (Wildman–Crippen MR) is 50.3 cm³/mol. The van der Waals surface area contributed by atoms with Gasteiger partial charge in [-0.2, -0.15) is 26.3 Å². The van der Waals surface area contributed by atoms with E-state index in [-0.39, 0.29) is 12.8 Å². The summed E-state index contributed by atoms with van der Waals surface area (Å²) in [6.07, 6.45) is -13.0. The van der Waals surface area contributed by atoms with Crippen LogP contribution >= 0.6 is 0 Å². The van der Waals surface area contributed by atoms with Gasteiger partial charge < -0.3 is 9.47 Å². The summed E-state index contributed by atoms with van der Waals surface area (Å²) >= 11 is 0. The van der Waals surface area contributed by atoms with Crippen LogP contribution in [0.3, 0.4) is 0 Å². The monoisotopic (exact) mass is 308 g/mol. The summed E-state index contributed by atoms with van der Waals surface area (Å²) in [6.45, 7) is 0. The molecule has 116 valence electrons. The van der Waals surface area contributed by atoms with Crippen LogP contribution in [0.4, 0.5) is 26.3 Å². The highest BCUT2D eigenvalue weighted by Crippen LogP contribution is 2.29. The van der Waals surface area contributed by atoms with E-state index in [2.05, 4.69) is 9.47 Å². The molecule has 0 N–H and O–H groups in total. The molecule has 4 nitrogen and oxygen atoms in total. The highest BCUT2D eigenvalue weighted by atomic mass is 19.4. The maximum atomic E-state index is 12.0. The Morgan fingerprint density at radius 2 is 1.05 bits per heavy atom. The largest absolute Gasteiger partial charge is 0.490 e. The fourth-order valence-electron chi connectivity index (χ4n) is 1.74. The first-order valence-corrected chi connectivity index (χ1v) is 5.57. The van der Waals surface area contributed by atoms with E-state index >= 15 is 0 Å². The minimum atomic E-state index is -5.25. The third kappa shape index (κ3) is 4.57. The van der Waals surface area contributed by atoms with E-state index < -0.39 is 36.5 Å². The lowest BCUT2D eigenvalue weighted by atomic mass is 9.94. The number of esters is 2. The standard InChI is InChI=1S/C10H10F6O4/c11-9(12,13)7(17)19-5-3-1-2-4-6(5)20-8(18)10(14,15)16/h5-6H,1-4H2/t5-,6-/m0/s1. The number of carbonyl (C=O) groups is 2. The number of rotatable bonds is 2. The van der Waals surface area contributed by atoms with Crippen molar-refractivity contribution in [2.45, 2.75) is 50.2 Å². The average Bonchev–Trinajstić information content (AvgIpc) is 2.29. The van der Waals surface area contributed by atoms with Crippen LogP contribution in [-0.2, 0) is 19.1 Å². The van der Waals surface area contributed by atoms with E-state index in [1.807, 2.05) is 0 Å². The molecule has 2 atom stereocenters. The first-order chi connectivity index (χ1) is 9.01. The van der Waals surface area contributed by atoms with Crippen molar-refractivity contribution in [3.63, 3.8) is 0 Å². The summed E-state index contributed by atoms with van der Waals surface area (Å²) in [4.78, 5) is 21.3. The van der Waals surface area contributed by atoms with Gasteiger partial charge in [0.05, 0.1) is 0 Å². The molecule has 0 radical (unpaired) electrons. The molecular weight excluding hydrogens is 298 g/mol. The highest BCUT2D eigenvalue weighted by Gasteiger charge is 2.47. The predicted octanol–water partition coefficient (Wildman–Crippen LogP) is 2.51. The summed E-state index contributed by atoms with van der Waals surface area (Å²) in [7, 11) is 0. The van der Waals surface area contributed by atoms with Crippen molar-refractivity contribution in [1.29, 1.82) is 0 Å². The quantitative estimate of drug-likeness (QED) is 0.581. The van der Waals surface area contributed by atoms with Crippen molar-refractivity contribution in [2.75, 3.05) is 0 Å². The molecule has 1 aliphatic rings. The maximum Gasteiger partial charge on any atom is 0.490 e. The van der Waals surface area contributed by atoms with Crippen molar-refractivity contribution in [2.24, 2.45) is 0 Å². The smallest absolute Gasteiger partial charge is 0.452 e. The third-order valence-electron chi connectivity index (χ3n) is 2.62. The molecule has 0 aromatic heterocycles. The Labute approximate surface area is 109 Å². The van der Waals surface area contributed by atoms with Crippen LogP contribution < -0.4 is 0 Å². The van der Waals surface area contributed by atoms with Gasteiger partial charge in [-0.25, -0.2) is 9.59 Å². The van der Waals surface area contributed by atoms with Crippen LogP contribution in [0.25, 0.3) is 0 Å². The molecule has 1 fully saturated rings. The van der Waals surface area contributed by atoms with Gasteiger partial charge in [0, 0.05) is 0 Å². The molecule has 0 amide bonds. The maximum absolute atomic E-state index is 12.0. The average molecular weight is 308 g/mol. The Hall–Kier alpha value is -1.48. The molecule has 1 aliphatic carbocycles. The Balaban J connectivity index is 2.68. The van der Waals surface area contributed by atoms with Crippen molar-refractivity contribution in [1.82, 2.24) is 0 Å². The second-order valence-corrected chi connectivity index (χ2v) is 4.17. The second kappa shape index (κ2) is 5.88. The Morgan fingerprint density at radius 3 is 1.30 bits per heavy atom. The Kier molecular flexibility index (Phi) is 4.87. The van der Waals surface area contributed by atoms with E-state index in [4.69, 9.17) is 0 Å². The summed E-state index contributed by atoms with van der Waals surface area (Å²) in [5.74, 6) is -5.03. The van der Waals surface area contributed by atoms with Crippen LogP contribution in [0.5, 0.6) is 0 Å². The van der Waals surface area contributed by atoms with Crippen LogP contribution in [0.1, 0.15) is 25.7 Å². The Morgan fingerprint density at radius 1 is 0.750 bits per heavy atom. The van der Waals surface area contributed by atoms with Crippen molar-refractivity contribution in [3.8, 4) is 0 Å². The Bertz CT molecular complexity index is 339. The van der Waals surface area contributed by atoms with Crippen molar-refractivity contribution < 1.29 is 45.4 Å². The van der Waals surface area contributed by atoms with E-state index in [9.17, 15) is 35.9 Å². The zero-order valence-corrected chi connectivity index (χ0v) is 9.88. The summed E-state index contributed by atoms with van der Waals surface area (Å²) in [5, 5.41) is 0. The van der Waals surface area contributed by atoms with Gasteiger partial charge in [0.1, 0.15) is 12.2 Å². The van der Waals surface area contributed by atoms with Crippen molar-refractivity contribution >= 4 is 11.9 Å². The fourth-order valence-corrected chi connectivity index (χ4v) is 1.74. The topological polar surface area (TPSA) is 52.6 Å². The molecule has 0 spiro atoms. The molecule has 0 aliphatic heterocycles. The van der Waals surface area contributed by atoms with Gasteiger partial charge in [0.25, 0.3) is 0 Å². The lowest BCUT2D eigenvalue weighted by Gasteiger charge is -2.30. The number of carbonyl (C=O) groups excluding carboxylic acids is 2. The number of hydrogen-bond acceptors (Lipinski definition) is 4. The van der Waals surface area contributed by atoms with Gasteiger partial charge in [0.2, 0.25) is 0 Å². The van der Waals surface area contributed by atoms with Gasteiger partial charge >= 0.3 is 24.3 Å². The van der Waals surface area contributed by atoms with E-state index in [1.165, 1.54) is 0 Å². The minimum Gasteiger partial charge on any atom is -0.452 e. The lowest BCUT2D eigenvalue weighted by Crippen LogP contribution is -2.42. The molecule has 0 aromatic carbocycles. The van der Waals surface area contributed by atoms with Crippen LogP contribution in [-0.4, -0.2) is 36.5 Å². The third-order valence-corrected chi connectivity index (χ3v) is 2.62. The lowest BCUT2D eigenvalue weighted by molar-refractivity contribution is -0.223. The molecule has 0 bridgehead atoms. The molecule has 1 rings (SSSR count). The molecule has 1 saturated carbocycles. The molecule has 0 heterocycles. The van der Waals surface area contributed by atoms with Gasteiger partial charge in [-0.15, -0.1) is 0 Å². The number of ether oxygens (including phenoxy) is 2.